The summed E-state index contributed by atoms with van der Waals surface area (Å²) in [6.45, 7) is 6.31. The highest BCUT2D eigenvalue weighted by Crippen LogP contribution is 2.17. The first kappa shape index (κ1) is 11.4. The van der Waals surface area contributed by atoms with Gasteiger partial charge in [0.2, 0.25) is 0 Å². The van der Waals surface area contributed by atoms with Gasteiger partial charge in [0.15, 0.2) is 0 Å². The Morgan fingerprint density at radius 1 is 1.27 bits per heavy atom. The lowest BCUT2D eigenvalue weighted by Crippen LogP contribution is -2.43. The highest BCUT2D eigenvalue weighted by atomic mass is 15.2. The van der Waals surface area contributed by atoms with Gasteiger partial charge < -0.3 is 15.1 Å². The molecule has 88 valence electrons. The van der Waals surface area contributed by atoms with Crippen LogP contribution in [0.4, 0.5) is 0 Å². The van der Waals surface area contributed by atoms with Gasteiger partial charge in [-0.05, 0) is 65.5 Å². The van der Waals surface area contributed by atoms with Crippen molar-refractivity contribution in [2.45, 2.75) is 25.3 Å². The minimum Gasteiger partial charge on any atom is -0.316 e. The Labute approximate surface area is 93.8 Å². The number of nitrogens with zero attached hydrogens (tertiary/aromatic N) is 2. The molecule has 0 aliphatic carbocycles. The Morgan fingerprint density at radius 3 is 2.60 bits per heavy atom. The molecule has 1 N–H and O–H groups in total. The lowest BCUT2D eigenvalue weighted by Gasteiger charge is -2.36. The normalized spacial score (nSPS) is 30.2. The second-order valence-electron chi connectivity index (χ2n) is 5.33. The molecule has 2 aliphatic heterocycles. The molecule has 3 heteroatoms. The monoisotopic (exact) mass is 211 g/mol. The summed E-state index contributed by atoms with van der Waals surface area (Å²) in [5, 5.41) is 3.45. The van der Waals surface area contributed by atoms with E-state index in [0.717, 1.165) is 12.0 Å². The van der Waals surface area contributed by atoms with Crippen LogP contribution in [0.3, 0.4) is 0 Å². The first-order valence-corrected chi connectivity index (χ1v) is 6.35. The predicted molar refractivity (Wildman–Crippen MR) is 64.1 cm³/mol. The molecule has 3 nitrogen and oxygen atoms in total. The van der Waals surface area contributed by atoms with Gasteiger partial charge >= 0.3 is 0 Å². The fraction of sp³-hybridized carbons (Fsp3) is 1.00. The smallest absolute Gasteiger partial charge is 0.0117 e. The molecular weight excluding hydrogens is 186 g/mol. The van der Waals surface area contributed by atoms with Crippen LogP contribution in [-0.4, -0.2) is 62.7 Å². The Morgan fingerprint density at radius 2 is 2.00 bits per heavy atom. The first-order valence-electron chi connectivity index (χ1n) is 6.35. The van der Waals surface area contributed by atoms with Crippen LogP contribution in [0.1, 0.15) is 19.3 Å². The number of likely N-dealkylation sites (tertiary alicyclic amines) is 1. The van der Waals surface area contributed by atoms with E-state index in [4.69, 9.17) is 0 Å². The summed E-state index contributed by atoms with van der Waals surface area (Å²) in [6, 6.07) is 0.835. The lowest BCUT2D eigenvalue weighted by molar-refractivity contribution is 0.131. The van der Waals surface area contributed by atoms with Gasteiger partial charge in [-0.2, -0.15) is 0 Å². The lowest BCUT2D eigenvalue weighted by atomic mass is 10.0. The third-order valence-electron chi connectivity index (χ3n) is 4.02. The molecule has 0 aromatic heterocycles. The van der Waals surface area contributed by atoms with Gasteiger partial charge in [-0.1, -0.05) is 0 Å². The molecule has 0 unspecified atom stereocenters. The second-order valence-corrected chi connectivity index (χ2v) is 5.33. The van der Waals surface area contributed by atoms with Gasteiger partial charge in [-0.15, -0.1) is 0 Å². The fourth-order valence-corrected chi connectivity index (χ4v) is 2.86. The van der Waals surface area contributed by atoms with Crippen LogP contribution in [-0.2, 0) is 0 Å². The maximum Gasteiger partial charge on any atom is 0.0117 e. The summed E-state index contributed by atoms with van der Waals surface area (Å²) in [5.74, 6) is 0.898. The van der Waals surface area contributed by atoms with Crippen LogP contribution in [0.2, 0.25) is 0 Å². The largest absolute Gasteiger partial charge is 0.316 e. The van der Waals surface area contributed by atoms with Crippen molar-refractivity contribution in [1.29, 1.82) is 0 Å². The van der Waals surface area contributed by atoms with E-state index in [1.807, 2.05) is 0 Å². The van der Waals surface area contributed by atoms with E-state index in [-0.39, 0.29) is 0 Å². The van der Waals surface area contributed by atoms with Gasteiger partial charge in [0.25, 0.3) is 0 Å². The van der Waals surface area contributed by atoms with Gasteiger partial charge in [0.05, 0.1) is 0 Å². The van der Waals surface area contributed by atoms with Crippen molar-refractivity contribution in [3.8, 4) is 0 Å². The minimum absolute atomic E-state index is 0.835. The average molecular weight is 211 g/mol. The maximum absolute atomic E-state index is 3.45. The van der Waals surface area contributed by atoms with Crippen molar-refractivity contribution < 1.29 is 0 Å². The standard InChI is InChI=1S/C12H25N3/c1-14-7-4-12(5-8-14)15(2)10-11-3-6-13-9-11/h11-13H,3-10H2,1-2H3/t11-/m0/s1. The molecule has 0 bridgehead atoms. The van der Waals surface area contributed by atoms with Gasteiger partial charge in [0, 0.05) is 12.6 Å². The molecule has 0 spiro atoms. The molecule has 15 heavy (non-hydrogen) atoms. The number of nitrogens with one attached hydrogen (secondary N) is 1. The van der Waals surface area contributed by atoms with Crippen molar-refractivity contribution in [3.05, 3.63) is 0 Å². The van der Waals surface area contributed by atoms with E-state index in [1.165, 1.54) is 52.0 Å². The van der Waals surface area contributed by atoms with Gasteiger partial charge in [-0.25, -0.2) is 0 Å². The molecule has 0 amide bonds. The molecule has 2 fully saturated rings. The second kappa shape index (κ2) is 5.28. The van der Waals surface area contributed by atoms with E-state index in [1.54, 1.807) is 0 Å². The molecular formula is C12H25N3. The van der Waals surface area contributed by atoms with E-state index in [2.05, 4.69) is 29.2 Å². The third-order valence-corrected chi connectivity index (χ3v) is 4.02. The van der Waals surface area contributed by atoms with E-state index in [0.29, 0.717) is 0 Å². The SMILES string of the molecule is CN1CCC(N(C)C[C@H]2CCNC2)CC1. The van der Waals surface area contributed by atoms with Crippen LogP contribution < -0.4 is 5.32 Å². The summed E-state index contributed by atoms with van der Waals surface area (Å²) < 4.78 is 0. The summed E-state index contributed by atoms with van der Waals surface area (Å²) in [4.78, 5) is 5.05. The zero-order valence-electron chi connectivity index (χ0n) is 10.2. The number of piperidine rings is 1. The van der Waals surface area contributed by atoms with Crippen LogP contribution in [0.15, 0.2) is 0 Å². The molecule has 2 aliphatic rings. The van der Waals surface area contributed by atoms with Crippen LogP contribution in [0.5, 0.6) is 0 Å². The van der Waals surface area contributed by atoms with E-state index >= 15 is 0 Å². The van der Waals surface area contributed by atoms with Gasteiger partial charge in [0.1, 0.15) is 0 Å². The summed E-state index contributed by atoms with van der Waals surface area (Å²) in [5.41, 5.74) is 0. The Hall–Kier alpha value is -0.120. The van der Waals surface area contributed by atoms with Gasteiger partial charge in [-0.3, -0.25) is 0 Å². The topological polar surface area (TPSA) is 18.5 Å². The zero-order chi connectivity index (χ0) is 10.7. The van der Waals surface area contributed by atoms with E-state index in [9.17, 15) is 0 Å². The summed E-state index contributed by atoms with van der Waals surface area (Å²) in [7, 11) is 4.55. The number of rotatable bonds is 3. The van der Waals surface area contributed by atoms with Crippen molar-refractivity contribution in [3.63, 3.8) is 0 Å². The molecule has 0 radical (unpaired) electrons. The fourth-order valence-electron chi connectivity index (χ4n) is 2.86. The minimum atomic E-state index is 0.835. The third kappa shape index (κ3) is 3.16. The highest BCUT2D eigenvalue weighted by molar-refractivity contribution is 4.80. The molecule has 0 aromatic carbocycles. The Bertz CT molecular complexity index is 181. The Kier molecular flexibility index (Phi) is 4.00. The quantitative estimate of drug-likeness (QED) is 0.738. The molecule has 2 saturated heterocycles. The molecule has 2 rings (SSSR count). The van der Waals surface area contributed by atoms with Crippen molar-refractivity contribution in [2.24, 2.45) is 5.92 Å². The van der Waals surface area contributed by atoms with Crippen molar-refractivity contribution in [2.75, 3.05) is 46.8 Å². The predicted octanol–water partition coefficient (Wildman–Crippen LogP) is 0.622. The average Bonchev–Trinajstić information content (AvgIpc) is 2.71. The number of hydrogen-bond acceptors (Lipinski definition) is 3. The molecule has 0 aromatic rings. The Balaban J connectivity index is 1.72. The van der Waals surface area contributed by atoms with Crippen molar-refractivity contribution >= 4 is 0 Å². The van der Waals surface area contributed by atoms with Crippen LogP contribution in [0.25, 0.3) is 0 Å². The van der Waals surface area contributed by atoms with Crippen LogP contribution >= 0.6 is 0 Å². The summed E-state index contributed by atoms with van der Waals surface area (Å²) >= 11 is 0. The first-order chi connectivity index (χ1) is 7.25. The van der Waals surface area contributed by atoms with Crippen LogP contribution in [0, 0.1) is 5.92 Å². The van der Waals surface area contributed by atoms with E-state index < -0.39 is 0 Å². The molecule has 2 heterocycles. The highest BCUT2D eigenvalue weighted by Gasteiger charge is 2.23. The number of hydrogen-bond donors (Lipinski definition) is 1. The zero-order valence-corrected chi connectivity index (χ0v) is 10.2. The van der Waals surface area contributed by atoms with Crippen molar-refractivity contribution in [1.82, 2.24) is 15.1 Å². The maximum atomic E-state index is 3.45. The summed E-state index contributed by atoms with van der Waals surface area (Å²) in [6.07, 6.45) is 4.08. The molecule has 1 atom stereocenters. The molecule has 0 saturated carbocycles.